The van der Waals surface area contributed by atoms with E-state index in [4.69, 9.17) is 10.2 Å². The minimum atomic E-state index is -1.67. The second-order valence-corrected chi connectivity index (χ2v) is 2.24. The van der Waals surface area contributed by atoms with Crippen molar-refractivity contribution in [3.8, 4) is 0 Å². The molecule has 0 amide bonds. The van der Waals surface area contributed by atoms with Crippen LogP contribution in [0.15, 0.2) is 0 Å². The molecule has 0 fully saturated rings. The number of carboxylic acid groups (broad SMARTS) is 2. The quantitative estimate of drug-likeness (QED) is 0.660. The van der Waals surface area contributed by atoms with Crippen LogP contribution in [-0.4, -0.2) is 22.2 Å². The lowest BCUT2D eigenvalue weighted by Gasteiger charge is -2.10. The maximum Gasteiger partial charge on any atom is 0.320 e. The molecule has 6 heteroatoms. The first kappa shape index (κ1) is 16.9. The summed E-state index contributed by atoms with van der Waals surface area (Å²) in [6.07, 6.45) is 0. The highest BCUT2D eigenvalue weighted by atomic mass is 35.5. The molecule has 0 aromatic carbocycles. The summed E-state index contributed by atoms with van der Waals surface area (Å²) in [6, 6.07) is 0. The lowest BCUT2D eigenvalue weighted by molar-refractivity contribution is -0.161. The SMILES string of the molecule is CC(C)(C(=O)O)C(=O)O.Cl.Cl. The second kappa shape index (κ2) is 5.21. The van der Waals surface area contributed by atoms with E-state index in [9.17, 15) is 9.59 Å². The predicted octanol–water partition coefficient (Wildman–Crippen LogP) is 1.03. The molecular formula is C5H10Cl2O4. The summed E-state index contributed by atoms with van der Waals surface area (Å²) in [6.45, 7) is 2.27. The molecule has 0 spiro atoms. The molecule has 2 N–H and O–H groups in total. The van der Waals surface area contributed by atoms with Crippen molar-refractivity contribution in [1.82, 2.24) is 0 Å². The first-order chi connectivity index (χ1) is 3.89. The first-order valence-corrected chi connectivity index (χ1v) is 2.36. The van der Waals surface area contributed by atoms with E-state index < -0.39 is 17.4 Å². The Hall–Kier alpha value is -0.480. The van der Waals surface area contributed by atoms with E-state index in [1.54, 1.807) is 0 Å². The molecule has 4 nitrogen and oxygen atoms in total. The van der Waals surface area contributed by atoms with Gasteiger partial charge in [-0.2, -0.15) is 0 Å². The summed E-state index contributed by atoms with van der Waals surface area (Å²) in [7, 11) is 0. The number of aliphatic carboxylic acids is 2. The number of halogens is 2. The Balaban J connectivity index is -0.000000320. The van der Waals surface area contributed by atoms with Crippen molar-refractivity contribution in [3.63, 3.8) is 0 Å². The van der Waals surface area contributed by atoms with Crippen LogP contribution in [-0.2, 0) is 9.59 Å². The fourth-order valence-electron chi connectivity index (χ4n) is 0.0915. The highest BCUT2D eigenvalue weighted by Crippen LogP contribution is 2.13. The molecule has 0 aromatic heterocycles. The van der Waals surface area contributed by atoms with Gasteiger partial charge in [-0.25, -0.2) is 0 Å². The highest BCUT2D eigenvalue weighted by Gasteiger charge is 2.35. The maximum absolute atomic E-state index is 10.1. The molecule has 0 bridgehead atoms. The maximum atomic E-state index is 10.1. The molecule has 0 aliphatic rings. The van der Waals surface area contributed by atoms with Gasteiger partial charge < -0.3 is 10.2 Å². The molecule has 0 radical (unpaired) electrons. The van der Waals surface area contributed by atoms with Crippen molar-refractivity contribution in [3.05, 3.63) is 0 Å². The lowest BCUT2D eigenvalue weighted by atomic mass is 9.95. The fourth-order valence-corrected chi connectivity index (χ4v) is 0.0915. The minimum absolute atomic E-state index is 0. The number of rotatable bonds is 2. The normalized spacial score (nSPS) is 8.91. The predicted molar refractivity (Wildman–Crippen MR) is 43.5 cm³/mol. The average molecular weight is 205 g/mol. The van der Waals surface area contributed by atoms with Crippen LogP contribution >= 0.6 is 24.8 Å². The van der Waals surface area contributed by atoms with Crippen LogP contribution in [0, 0.1) is 5.41 Å². The van der Waals surface area contributed by atoms with Gasteiger partial charge in [0.05, 0.1) is 0 Å². The molecule has 68 valence electrons. The second-order valence-electron chi connectivity index (χ2n) is 2.24. The van der Waals surface area contributed by atoms with Gasteiger partial charge in [0.25, 0.3) is 0 Å². The highest BCUT2D eigenvalue weighted by molar-refractivity contribution is 5.97. The van der Waals surface area contributed by atoms with E-state index in [2.05, 4.69) is 0 Å². The Labute approximate surface area is 76.4 Å². The smallest absolute Gasteiger partial charge is 0.320 e. The van der Waals surface area contributed by atoms with Crippen molar-refractivity contribution in [2.24, 2.45) is 5.41 Å². The van der Waals surface area contributed by atoms with Gasteiger partial charge in [-0.15, -0.1) is 24.8 Å². The van der Waals surface area contributed by atoms with Crippen LogP contribution in [0.4, 0.5) is 0 Å². The largest absolute Gasteiger partial charge is 0.480 e. The Morgan fingerprint density at radius 3 is 1.18 bits per heavy atom. The Morgan fingerprint density at radius 1 is 1.00 bits per heavy atom. The van der Waals surface area contributed by atoms with Gasteiger partial charge >= 0.3 is 11.9 Å². The third-order valence-corrected chi connectivity index (χ3v) is 1.07. The van der Waals surface area contributed by atoms with Crippen LogP contribution in [0.5, 0.6) is 0 Å². The first-order valence-electron chi connectivity index (χ1n) is 2.36. The van der Waals surface area contributed by atoms with E-state index in [0.29, 0.717) is 0 Å². The van der Waals surface area contributed by atoms with E-state index in [1.165, 1.54) is 0 Å². The fraction of sp³-hybridized carbons (Fsp3) is 0.600. The molecule has 0 aliphatic heterocycles. The molecule has 11 heavy (non-hydrogen) atoms. The van der Waals surface area contributed by atoms with Crippen LogP contribution in [0.25, 0.3) is 0 Å². The van der Waals surface area contributed by atoms with Crippen LogP contribution in [0.3, 0.4) is 0 Å². The van der Waals surface area contributed by atoms with Gasteiger partial charge in [-0.05, 0) is 13.8 Å². The Morgan fingerprint density at radius 2 is 1.18 bits per heavy atom. The van der Waals surface area contributed by atoms with Crippen molar-refractivity contribution < 1.29 is 19.8 Å². The van der Waals surface area contributed by atoms with E-state index in [1.807, 2.05) is 0 Å². The van der Waals surface area contributed by atoms with Gasteiger partial charge in [-0.1, -0.05) is 0 Å². The summed E-state index contributed by atoms with van der Waals surface area (Å²) in [5, 5.41) is 16.5. The summed E-state index contributed by atoms with van der Waals surface area (Å²) in [5.74, 6) is -2.65. The topological polar surface area (TPSA) is 74.6 Å². The number of carbonyl (C=O) groups is 2. The van der Waals surface area contributed by atoms with E-state index in [0.717, 1.165) is 13.8 Å². The monoisotopic (exact) mass is 204 g/mol. The van der Waals surface area contributed by atoms with Gasteiger partial charge in [0.2, 0.25) is 0 Å². The average Bonchev–Trinajstić information content (AvgIpc) is 1.65. The Kier molecular flexibility index (Phi) is 7.98. The molecule has 0 aliphatic carbocycles. The van der Waals surface area contributed by atoms with Gasteiger partial charge in [0.15, 0.2) is 5.41 Å². The standard InChI is InChI=1S/C5H8O4.2ClH/c1-5(2,3(6)7)4(8)9;;/h1-2H3,(H,6,7)(H,8,9);2*1H. The minimum Gasteiger partial charge on any atom is -0.480 e. The van der Waals surface area contributed by atoms with Gasteiger partial charge in [0.1, 0.15) is 0 Å². The zero-order valence-electron chi connectivity index (χ0n) is 6.03. The van der Waals surface area contributed by atoms with Crippen molar-refractivity contribution in [2.45, 2.75) is 13.8 Å². The summed E-state index contributed by atoms with van der Waals surface area (Å²) < 4.78 is 0. The lowest BCUT2D eigenvalue weighted by Crippen LogP contribution is -2.32. The molecule has 0 aromatic rings. The van der Waals surface area contributed by atoms with Crippen LogP contribution in [0.1, 0.15) is 13.8 Å². The third kappa shape index (κ3) is 4.06. The molecular weight excluding hydrogens is 195 g/mol. The van der Waals surface area contributed by atoms with E-state index >= 15 is 0 Å². The molecule has 0 saturated heterocycles. The zero-order valence-corrected chi connectivity index (χ0v) is 7.66. The van der Waals surface area contributed by atoms with Crippen molar-refractivity contribution in [1.29, 1.82) is 0 Å². The van der Waals surface area contributed by atoms with E-state index in [-0.39, 0.29) is 24.8 Å². The van der Waals surface area contributed by atoms with Crippen LogP contribution in [0.2, 0.25) is 0 Å². The number of carboxylic acids is 2. The number of hydrogen-bond donors (Lipinski definition) is 2. The molecule has 0 unspecified atom stereocenters. The Bertz CT molecular complexity index is 139. The summed E-state index contributed by atoms with van der Waals surface area (Å²) in [5.41, 5.74) is -1.67. The third-order valence-electron chi connectivity index (χ3n) is 1.07. The number of hydrogen-bond acceptors (Lipinski definition) is 2. The molecule has 0 rings (SSSR count). The van der Waals surface area contributed by atoms with Gasteiger partial charge in [0, 0.05) is 0 Å². The molecule has 0 atom stereocenters. The van der Waals surface area contributed by atoms with Gasteiger partial charge in [-0.3, -0.25) is 9.59 Å². The summed E-state index contributed by atoms with van der Waals surface area (Å²) in [4.78, 5) is 20.2. The summed E-state index contributed by atoms with van der Waals surface area (Å²) >= 11 is 0. The van der Waals surface area contributed by atoms with Crippen molar-refractivity contribution in [2.75, 3.05) is 0 Å². The molecule has 0 saturated carbocycles. The molecule has 0 heterocycles. The van der Waals surface area contributed by atoms with Crippen molar-refractivity contribution >= 4 is 36.8 Å². The zero-order chi connectivity index (χ0) is 7.65. The van der Waals surface area contributed by atoms with Crippen LogP contribution < -0.4 is 0 Å².